The van der Waals surface area contributed by atoms with Crippen LogP contribution in [0.2, 0.25) is 0 Å². The number of ether oxygens (including phenoxy) is 1. The van der Waals surface area contributed by atoms with Crippen LogP contribution in [0.3, 0.4) is 0 Å². The monoisotopic (exact) mass is 271 g/mol. The molecular formula is C15H17N3O2. The smallest absolute Gasteiger partial charge is 0.270 e. The average molecular weight is 271 g/mol. The van der Waals surface area contributed by atoms with E-state index in [9.17, 15) is 4.79 Å². The summed E-state index contributed by atoms with van der Waals surface area (Å²) in [5.74, 6) is 0.0554. The zero-order chi connectivity index (χ0) is 13.9. The van der Waals surface area contributed by atoms with Crippen LogP contribution in [0.1, 0.15) is 22.2 Å². The Morgan fingerprint density at radius 2 is 2.15 bits per heavy atom. The van der Waals surface area contributed by atoms with Crippen LogP contribution in [0.5, 0.6) is 0 Å². The molecule has 3 rings (SSSR count). The summed E-state index contributed by atoms with van der Waals surface area (Å²) in [5, 5.41) is 0. The van der Waals surface area contributed by atoms with Crippen LogP contribution in [0.4, 0.5) is 0 Å². The molecule has 1 amide bonds. The molecule has 20 heavy (non-hydrogen) atoms. The number of amides is 1. The maximum atomic E-state index is 12.5. The molecule has 3 heterocycles. The van der Waals surface area contributed by atoms with Gasteiger partial charge < -0.3 is 14.2 Å². The molecule has 104 valence electrons. The third-order valence-corrected chi connectivity index (χ3v) is 3.59. The van der Waals surface area contributed by atoms with Crippen molar-refractivity contribution in [3.63, 3.8) is 0 Å². The summed E-state index contributed by atoms with van der Waals surface area (Å²) >= 11 is 0. The highest BCUT2D eigenvalue weighted by atomic mass is 16.5. The van der Waals surface area contributed by atoms with Crippen molar-refractivity contribution in [1.29, 1.82) is 0 Å². The van der Waals surface area contributed by atoms with Gasteiger partial charge in [0.2, 0.25) is 0 Å². The molecule has 1 aliphatic rings. The van der Waals surface area contributed by atoms with Gasteiger partial charge in [-0.25, -0.2) is 0 Å². The Bertz CT molecular complexity index is 594. The minimum atomic E-state index is -0.0732. The molecule has 0 saturated carbocycles. The number of nitrogens with zero attached hydrogens (tertiary/aromatic N) is 3. The molecule has 2 aromatic rings. The Hall–Kier alpha value is -2.14. The first-order valence-electron chi connectivity index (χ1n) is 6.68. The number of carbonyl (C=O) groups excluding carboxylic acids is 1. The summed E-state index contributed by atoms with van der Waals surface area (Å²) in [7, 11) is 1.88. The van der Waals surface area contributed by atoms with Crippen LogP contribution in [-0.4, -0.2) is 40.1 Å². The molecule has 0 aliphatic carbocycles. The van der Waals surface area contributed by atoms with E-state index in [0.717, 1.165) is 5.56 Å². The van der Waals surface area contributed by atoms with E-state index in [-0.39, 0.29) is 12.0 Å². The van der Waals surface area contributed by atoms with E-state index in [4.69, 9.17) is 4.74 Å². The van der Waals surface area contributed by atoms with Gasteiger partial charge in [0.05, 0.1) is 13.2 Å². The van der Waals surface area contributed by atoms with E-state index in [1.54, 1.807) is 12.4 Å². The first kappa shape index (κ1) is 12.9. The largest absolute Gasteiger partial charge is 0.370 e. The first-order chi connectivity index (χ1) is 9.75. The van der Waals surface area contributed by atoms with E-state index < -0.39 is 0 Å². The predicted octanol–water partition coefficient (Wildman–Crippen LogP) is 1.63. The van der Waals surface area contributed by atoms with Gasteiger partial charge in [0.1, 0.15) is 11.8 Å². The van der Waals surface area contributed by atoms with E-state index in [2.05, 4.69) is 4.98 Å². The fourth-order valence-corrected chi connectivity index (χ4v) is 2.46. The van der Waals surface area contributed by atoms with Crippen molar-refractivity contribution in [2.24, 2.45) is 7.05 Å². The van der Waals surface area contributed by atoms with Crippen molar-refractivity contribution in [2.45, 2.75) is 6.10 Å². The Morgan fingerprint density at radius 3 is 2.85 bits per heavy atom. The Balaban J connectivity index is 1.76. The first-order valence-corrected chi connectivity index (χ1v) is 6.68. The third kappa shape index (κ3) is 2.44. The number of aryl methyl sites for hydroxylation is 1. The van der Waals surface area contributed by atoms with E-state index >= 15 is 0 Å². The topological polar surface area (TPSA) is 47.4 Å². The molecule has 5 nitrogen and oxygen atoms in total. The molecular weight excluding hydrogens is 254 g/mol. The number of pyridine rings is 1. The molecule has 5 heteroatoms. The van der Waals surface area contributed by atoms with Gasteiger partial charge in [-0.1, -0.05) is 0 Å². The number of hydrogen-bond donors (Lipinski definition) is 0. The van der Waals surface area contributed by atoms with Crippen LogP contribution in [-0.2, 0) is 11.8 Å². The van der Waals surface area contributed by atoms with Gasteiger partial charge in [-0.15, -0.1) is 0 Å². The number of carbonyl (C=O) groups is 1. The summed E-state index contributed by atoms with van der Waals surface area (Å²) in [4.78, 5) is 18.4. The van der Waals surface area contributed by atoms with Crippen LogP contribution in [0, 0.1) is 0 Å². The summed E-state index contributed by atoms with van der Waals surface area (Å²) in [5.41, 5.74) is 1.77. The summed E-state index contributed by atoms with van der Waals surface area (Å²) in [6, 6.07) is 7.59. The highest BCUT2D eigenvalue weighted by Gasteiger charge is 2.26. The second-order valence-electron chi connectivity index (χ2n) is 4.90. The minimum Gasteiger partial charge on any atom is -0.370 e. The van der Waals surface area contributed by atoms with Gasteiger partial charge in [0.15, 0.2) is 0 Å². The van der Waals surface area contributed by atoms with Crippen molar-refractivity contribution in [2.75, 3.05) is 19.7 Å². The summed E-state index contributed by atoms with van der Waals surface area (Å²) in [6.07, 6.45) is 5.30. The van der Waals surface area contributed by atoms with Crippen LogP contribution in [0.15, 0.2) is 42.9 Å². The minimum absolute atomic E-state index is 0.0554. The molecule has 2 aromatic heterocycles. The Labute approximate surface area is 117 Å². The number of morpholine rings is 1. The second-order valence-corrected chi connectivity index (χ2v) is 4.90. The highest BCUT2D eigenvalue weighted by molar-refractivity contribution is 5.92. The zero-order valence-electron chi connectivity index (χ0n) is 11.4. The molecule has 0 aromatic carbocycles. The molecule has 1 unspecified atom stereocenters. The lowest BCUT2D eigenvalue weighted by molar-refractivity contribution is -0.0231. The normalized spacial score (nSPS) is 19.1. The van der Waals surface area contributed by atoms with Gasteiger partial charge in [-0.3, -0.25) is 9.78 Å². The SMILES string of the molecule is Cn1cccc1C(=O)N1CCOC(c2ccncc2)C1. The van der Waals surface area contributed by atoms with Gasteiger partial charge in [0, 0.05) is 32.2 Å². The maximum absolute atomic E-state index is 12.5. The fourth-order valence-electron chi connectivity index (χ4n) is 2.46. The van der Waals surface area contributed by atoms with Gasteiger partial charge in [-0.05, 0) is 29.8 Å². The summed E-state index contributed by atoms with van der Waals surface area (Å²) in [6.45, 7) is 1.77. The van der Waals surface area contributed by atoms with Gasteiger partial charge in [-0.2, -0.15) is 0 Å². The van der Waals surface area contributed by atoms with Crippen LogP contribution in [0.25, 0.3) is 0 Å². The highest BCUT2D eigenvalue weighted by Crippen LogP contribution is 2.22. The number of aromatic nitrogens is 2. The molecule has 0 spiro atoms. The van der Waals surface area contributed by atoms with Crippen molar-refractivity contribution < 1.29 is 9.53 Å². The van der Waals surface area contributed by atoms with E-state index in [1.165, 1.54) is 0 Å². The lowest BCUT2D eigenvalue weighted by Gasteiger charge is -2.33. The van der Waals surface area contributed by atoms with E-state index in [0.29, 0.717) is 25.4 Å². The molecule has 0 bridgehead atoms. The van der Waals surface area contributed by atoms with E-state index in [1.807, 2.05) is 47.0 Å². The van der Waals surface area contributed by atoms with Crippen LogP contribution < -0.4 is 0 Å². The molecule has 0 N–H and O–H groups in total. The van der Waals surface area contributed by atoms with Crippen molar-refractivity contribution in [3.05, 3.63) is 54.1 Å². The van der Waals surface area contributed by atoms with Crippen molar-refractivity contribution >= 4 is 5.91 Å². The number of hydrogen-bond acceptors (Lipinski definition) is 3. The van der Waals surface area contributed by atoms with Gasteiger partial charge in [0.25, 0.3) is 5.91 Å². The average Bonchev–Trinajstić information content (AvgIpc) is 2.94. The fraction of sp³-hybridized carbons (Fsp3) is 0.333. The standard InChI is InChI=1S/C15H17N3O2/c1-17-8-2-3-13(17)15(19)18-9-10-20-14(11-18)12-4-6-16-7-5-12/h2-8,14H,9-11H2,1H3. The lowest BCUT2D eigenvalue weighted by atomic mass is 10.1. The Kier molecular flexibility index (Phi) is 3.52. The summed E-state index contributed by atoms with van der Waals surface area (Å²) < 4.78 is 7.61. The second kappa shape index (κ2) is 5.46. The third-order valence-electron chi connectivity index (χ3n) is 3.59. The Morgan fingerprint density at radius 1 is 1.35 bits per heavy atom. The quantitative estimate of drug-likeness (QED) is 0.834. The lowest BCUT2D eigenvalue weighted by Crippen LogP contribution is -2.42. The molecule has 1 aliphatic heterocycles. The van der Waals surface area contributed by atoms with Crippen molar-refractivity contribution in [1.82, 2.24) is 14.5 Å². The molecule has 1 atom stereocenters. The van der Waals surface area contributed by atoms with Crippen LogP contribution >= 0.6 is 0 Å². The number of rotatable bonds is 2. The predicted molar refractivity (Wildman–Crippen MR) is 74.2 cm³/mol. The molecule has 0 radical (unpaired) electrons. The van der Waals surface area contributed by atoms with Crippen molar-refractivity contribution in [3.8, 4) is 0 Å². The zero-order valence-corrected chi connectivity index (χ0v) is 11.4. The molecule has 1 saturated heterocycles. The molecule has 1 fully saturated rings. The maximum Gasteiger partial charge on any atom is 0.270 e. The van der Waals surface area contributed by atoms with Gasteiger partial charge >= 0.3 is 0 Å².